The zero-order valence-electron chi connectivity index (χ0n) is 15.6. The molecule has 0 amide bonds. The van der Waals surface area contributed by atoms with Crippen LogP contribution in [0.4, 0.5) is 0 Å². The molecule has 0 radical (unpaired) electrons. The smallest absolute Gasteiger partial charge is 0.275 e. The van der Waals surface area contributed by atoms with Gasteiger partial charge < -0.3 is 0 Å². The maximum Gasteiger partial charge on any atom is 0.275 e. The summed E-state index contributed by atoms with van der Waals surface area (Å²) in [6, 6.07) is 23.0. The van der Waals surface area contributed by atoms with Crippen molar-refractivity contribution in [3.63, 3.8) is 0 Å². The largest absolute Gasteiger partial charge is 0.298 e. The van der Waals surface area contributed by atoms with Crippen molar-refractivity contribution in [2.24, 2.45) is 0 Å². The maximum absolute atomic E-state index is 12.6. The summed E-state index contributed by atoms with van der Waals surface area (Å²) in [6.07, 6.45) is 3.90. The van der Waals surface area contributed by atoms with E-state index < -0.39 is 0 Å². The van der Waals surface area contributed by atoms with E-state index in [1.165, 1.54) is 0 Å². The standard InChI is InChI=1S/C23H22ClN2O2/c1-25-28-15-14-21(18-8-4-2-5-9-18)20-12-13-23(24)26(16-20)17-22(27)19-10-6-3-7-11-19/h2-14,16,25H,15,17H2,1H3/q+1. The molecule has 0 saturated heterocycles. The number of nitrogens with one attached hydrogen (secondary N) is 1. The van der Waals surface area contributed by atoms with Crippen molar-refractivity contribution in [1.29, 1.82) is 0 Å². The fourth-order valence-electron chi connectivity index (χ4n) is 2.91. The third-order valence-corrected chi connectivity index (χ3v) is 4.63. The van der Waals surface area contributed by atoms with Crippen LogP contribution in [-0.4, -0.2) is 19.4 Å². The molecule has 0 atom stereocenters. The average Bonchev–Trinajstić information content (AvgIpc) is 2.74. The lowest BCUT2D eigenvalue weighted by Crippen LogP contribution is -2.39. The van der Waals surface area contributed by atoms with Gasteiger partial charge in [0.2, 0.25) is 12.3 Å². The molecular formula is C23H22ClN2O2+. The fourth-order valence-corrected chi connectivity index (χ4v) is 3.08. The molecule has 0 aliphatic rings. The van der Waals surface area contributed by atoms with Crippen LogP contribution in [0.15, 0.2) is 85.1 Å². The minimum atomic E-state index is 0.00778. The molecule has 28 heavy (non-hydrogen) atoms. The second kappa shape index (κ2) is 9.95. The van der Waals surface area contributed by atoms with Gasteiger partial charge in [-0.15, -0.1) is 0 Å². The topological polar surface area (TPSA) is 42.2 Å². The summed E-state index contributed by atoms with van der Waals surface area (Å²) < 4.78 is 1.77. The van der Waals surface area contributed by atoms with E-state index in [2.05, 4.69) is 5.48 Å². The SMILES string of the molecule is CNOCC=C(c1ccccc1)c1ccc(Cl)[n+](CC(=O)c2ccccc2)c1. The van der Waals surface area contributed by atoms with Crippen LogP contribution in [0.5, 0.6) is 0 Å². The molecule has 0 aliphatic carbocycles. The summed E-state index contributed by atoms with van der Waals surface area (Å²) in [5, 5.41) is 0.506. The van der Waals surface area contributed by atoms with E-state index in [-0.39, 0.29) is 12.3 Å². The molecule has 1 N–H and O–H groups in total. The molecule has 142 valence electrons. The number of Topliss-reactive ketones (excluding diaryl/α,β-unsaturated/α-hetero) is 1. The third kappa shape index (κ3) is 5.14. The number of carbonyl (C=O) groups excluding carboxylic acids is 1. The maximum atomic E-state index is 12.6. The lowest BCUT2D eigenvalue weighted by atomic mass is 9.99. The Labute approximate surface area is 170 Å². The van der Waals surface area contributed by atoms with E-state index in [1.807, 2.05) is 85.1 Å². The van der Waals surface area contributed by atoms with Crippen LogP contribution in [-0.2, 0) is 11.4 Å². The summed E-state index contributed by atoms with van der Waals surface area (Å²) in [5.41, 5.74) is 6.36. The van der Waals surface area contributed by atoms with Gasteiger partial charge in [-0.3, -0.25) is 9.63 Å². The molecule has 5 heteroatoms. The van der Waals surface area contributed by atoms with Gasteiger partial charge in [0, 0.05) is 24.2 Å². The molecule has 0 spiro atoms. The Balaban J connectivity index is 1.93. The minimum absolute atomic E-state index is 0.00778. The zero-order chi connectivity index (χ0) is 19.8. The van der Waals surface area contributed by atoms with E-state index in [0.29, 0.717) is 17.3 Å². The molecule has 0 unspecified atom stereocenters. The van der Waals surface area contributed by atoms with E-state index in [9.17, 15) is 4.79 Å². The van der Waals surface area contributed by atoms with Crippen molar-refractivity contribution in [3.05, 3.63) is 107 Å². The van der Waals surface area contributed by atoms with Gasteiger partial charge in [0.05, 0.1) is 6.61 Å². The second-order valence-electron chi connectivity index (χ2n) is 6.16. The highest BCUT2D eigenvalue weighted by molar-refractivity contribution is 6.28. The molecule has 0 aliphatic heterocycles. The highest BCUT2D eigenvalue weighted by Crippen LogP contribution is 2.23. The van der Waals surface area contributed by atoms with Gasteiger partial charge in [0.15, 0.2) is 6.20 Å². The number of carbonyl (C=O) groups is 1. The summed E-state index contributed by atoms with van der Waals surface area (Å²) >= 11 is 6.36. The van der Waals surface area contributed by atoms with Crippen LogP contribution in [0.2, 0.25) is 5.15 Å². The molecule has 0 bridgehead atoms. The molecule has 0 saturated carbocycles. The normalized spacial score (nSPS) is 11.4. The molecule has 2 aromatic carbocycles. The van der Waals surface area contributed by atoms with Gasteiger partial charge in [-0.1, -0.05) is 60.7 Å². The van der Waals surface area contributed by atoms with E-state index in [0.717, 1.165) is 16.7 Å². The third-order valence-electron chi connectivity index (χ3n) is 4.29. The molecule has 3 rings (SSSR count). The number of benzene rings is 2. The van der Waals surface area contributed by atoms with Crippen molar-refractivity contribution >= 4 is 23.0 Å². The lowest BCUT2D eigenvalue weighted by molar-refractivity contribution is -0.681. The summed E-state index contributed by atoms with van der Waals surface area (Å²) in [7, 11) is 1.72. The van der Waals surface area contributed by atoms with Gasteiger partial charge >= 0.3 is 0 Å². The van der Waals surface area contributed by atoms with E-state index in [1.54, 1.807) is 11.6 Å². The number of halogens is 1. The molecular weight excluding hydrogens is 372 g/mol. The van der Waals surface area contributed by atoms with Crippen molar-refractivity contribution in [2.45, 2.75) is 6.54 Å². The van der Waals surface area contributed by atoms with E-state index >= 15 is 0 Å². The number of ketones is 1. The zero-order valence-corrected chi connectivity index (χ0v) is 16.4. The first-order chi connectivity index (χ1) is 13.7. The number of hydrogen-bond donors (Lipinski definition) is 1. The predicted molar refractivity (Wildman–Crippen MR) is 111 cm³/mol. The minimum Gasteiger partial charge on any atom is -0.298 e. The Morgan fingerprint density at radius 1 is 0.964 bits per heavy atom. The Bertz CT molecular complexity index is 957. The van der Waals surface area contributed by atoms with Crippen molar-refractivity contribution in [3.8, 4) is 0 Å². The quantitative estimate of drug-likeness (QED) is 0.206. The van der Waals surface area contributed by atoms with Crippen LogP contribution in [0.1, 0.15) is 21.5 Å². The van der Waals surface area contributed by atoms with Crippen LogP contribution in [0, 0.1) is 0 Å². The van der Waals surface area contributed by atoms with Gasteiger partial charge in [-0.2, -0.15) is 4.57 Å². The van der Waals surface area contributed by atoms with Crippen LogP contribution in [0.25, 0.3) is 5.57 Å². The molecule has 1 aromatic heterocycles. The van der Waals surface area contributed by atoms with Gasteiger partial charge in [-0.05, 0) is 34.9 Å². The van der Waals surface area contributed by atoms with Crippen LogP contribution in [0.3, 0.4) is 0 Å². The van der Waals surface area contributed by atoms with Crippen molar-refractivity contribution < 1.29 is 14.2 Å². The molecule has 1 heterocycles. The van der Waals surface area contributed by atoms with Crippen molar-refractivity contribution in [1.82, 2.24) is 5.48 Å². The van der Waals surface area contributed by atoms with Crippen molar-refractivity contribution in [2.75, 3.05) is 13.7 Å². The summed E-state index contributed by atoms with van der Waals surface area (Å²) in [5.74, 6) is 0.00778. The first-order valence-corrected chi connectivity index (χ1v) is 9.38. The molecule has 0 fully saturated rings. The number of nitrogens with zero attached hydrogens (tertiary/aromatic N) is 1. The van der Waals surface area contributed by atoms with Crippen LogP contribution < -0.4 is 10.0 Å². The molecule has 4 nitrogen and oxygen atoms in total. The summed E-state index contributed by atoms with van der Waals surface area (Å²) in [4.78, 5) is 17.9. The lowest BCUT2D eigenvalue weighted by Gasteiger charge is -2.09. The number of rotatable bonds is 8. The van der Waals surface area contributed by atoms with E-state index in [4.69, 9.17) is 16.4 Å². The Hall–Kier alpha value is -2.79. The Morgan fingerprint density at radius 3 is 2.25 bits per heavy atom. The highest BCUT2D eigenvalue weighted by Gasteiger charge is 2.18. The van der Waals surface area contributed by atoms with Gasteiger partial charge in [0.25, 0.3) is 5.15 Å². The summed E-state index contributed by atoms with van der Waals surface area (Å²) in [6.45, 7) is 0.581. The molecule has 3 aromatic rings. The Kier molecular flexibility index (Phi) is 7.09. The fraction of sp³-hybridized carbons (Fsp3) is 0.130. The van der Waals surface area contributed by atoms with Crippen LogP contribution >= 0.6 is 11.6 Å². The average molecular weight is 394 g/mol. The predicted octanol–water partition coefficient (Wildman–Crippen LogP) is 4.09. The van der Waals surface area contributed by atoms with Gasteiger partial charge in [0.1, 0.15) is 0 Å². The number of hydrogen-bond acceptors (Lipinski definition) is 3. The number of hydroxylamine groups is 1. The second-order valence-corrected chi connectivity index (χ2v) is 6.54. The monoisotopic (exact) mass is 393 g/mol. The Morgan fingerprint density at radius 2 is 1.61 bits per heavy atom. The highest BCUT2D eigenvalue weighted by atomic mass is 35.5. The first-order valence-electron chi connectivity index (χ1n) is 9.01. The number of aromatic nitrogens is 1. The van der Waals surface area contributed by atoms with Gasteiger partial charge in [-0.25, -0.2) is 5.48 Å². The first kappa shape index (κ1) is 20.0. The number of pyridine rings is 1.